The number of aromatic amines is 1. The lowest BCUT2D eigenvalue weighted by molar-refractivity contribution is -0.116. The van der Waals surface area contributed by atoms with Crippen LogP contribution in [0.3, 0.4) is 0 Å². The molecular weight excluding hydrogens is 452 g/mol. The molecule has 0 saturated heterocycles. The first-order valence-electron chi connectivity index (χ1n) is 10.9. The molecule has 35 heavy (non-hydrogen) atoms. The third-order valence-corrected chi connectivity index (χ3v) is 5.78. The maximum absolute atomic E-state index is 13.2. The SMILES string of the molecule is COc1ccc([C@@H](CC(=O)Nc2ccc3cc[nH]c3c2)c2c(O)cc(C)oc2=O)c(OC)c1OC. The maximum Gasteiger partial charge on any atom is 0.343 e. The van der Waals surface area contributed by atoms with Crippen LogP contribution in [0.5, 0.6) is 23.0 Å². The Morgan fingerprint density at radius 3 is 2.51 bits per heavy atom. The Morgan fingerprint density at radius 2 is 1.83 bits per heavy atom. The molecule has 1 atom stereocenters. The molecule has 0 aliphatic rings. The number of aromatic nitrogens is 1. The van der Waals surface area contributed by atoms with E-state index in [-0.39, 0.29) is 35.2 Å². The number of carbonyl (C=O) groups is 1. The zero-order valence-electron chi connectivity index (χ0n) is 19.8. The Labute approximate surface area is 201 Å². The van der Waals surface area contributed by atoms with Crippen LogP contribution in [0.25, 0.3) is 10.9 Å². The van der Waals surface area contributed by atoms with Gasteiger partial charge in [-0.15, -0.1) is 0 Å². The third-order valence-electron chi connectivity index (χ3n) is 5.78. The molecule has 9 heteroatoms. The first kappa shape index (κ1) is 23.7. The third kappa shape index (κ3) is 4.65. The van der Waals surface area contributed by atoms with Crippen LogP contribution in [0.15, 0.2) is 57.9 Å². The highest BCUT2D eigenvalue weighted by molar-refractivity contribution is 5.94. The topological polar surface area (TPSA) is 123 Å². The number of aryl methyl sites for hydroxylation is 1. The Hall–Kier alpha value is -4.40. The van der Waals surface area contributed by atoms with Crippen LogP contribution in [0.1, 0.15) is 29.2 Å². The Balaban J connectivity index is 1.78. The van der Waals surface area contributed by atoms with E-state index in [1.54, 1.807) is 25.1 Å². The molecule has 0 saturated carbocycles. The Bertz CT molecular complexity index is 1440. The summed E-state index contributed by atoms with van der Waals surface area (Å²) in [5.41, 5.74) is 1.11. The van der Waals surface area contributed by atoms with E-state index < -0.39 is 11.5 Å². The van der Waals surface area contributed by atoms with Crippen molar-refractivity contribution in [3.63, 3.8) is 0 Å². The first-order chi connectivity index (χ1) is 16.9. The minimum atomic E-state index is -0.907. The van der Waals surface area contributed by atoms with Crippen molar-refractivity contribution in [3.8, 4) is 23.0 Å². The molecular formula is C26H26N2O7. The van der Waals surface area contributed by atoms with Gasteiger partial charge in [-0.3, -0.25) is 4.79 Å². The fourth-order valence-electron chi connectivity index (χ4n) is 4.22. The van der Waals surface area contributed by atoms with Crippen molar-refractivity contribution in [3.05, 3.63) is 76.0 Å². The number of carbonyl (C=O) groups excluding carboxylic acids is 1. The number of rotatable bonds is 8. The van der Waals surface area contributed by atoms with Crippen molar-refractivity contribution < 1.29 is 28.5 Å². The number of methoxy groups -OCH3 is 3. The Morgan fingerprint density at radius 1 is 1.06 bits per heavy atom. The number of nitrogens with one attached hydrogen (secondary N) is 2. The average Bonchev–Trinajstić information content (AvgIpc) is 3.29. The quantitative estimate of drug-likeness (QED) is 0.345. The molecule has 0 fully saturated rings. The number of hydrogen-bond acceptors (Lipinski definition) is 7. The van der Waals surface area contributed by atoms with Crippen molar-refractivity contribution >= 4 is 22.5 Å². The highest BCUT2D eigenvalue weighted by Crippen LogP contribution is 2.46. The van der Waals surface area contributed by atoms with E-state index in [0.717, 1.165) is 10.9 Å². The second kappa shape index (κ2) is 9.84. The number of H-pyrrole nitrogens is 1. The van der Waals surface area contributed by atoms with Crippen LogP contribution < -0.4 is 25.2 Å². The minimum Gasteiger partial charge on any atom is -0.507 e. The van der Waals surface area contributed by atoms with Gasteiger partial charge in [0.05, 0.1) is 26.9 Å². The van der Waals surface area contributed by atoms with E-state index in [1.165, 1.54) is 27.4 Å². The van der Waals surface area contributed by atoms with Gasteiger partial charge in [0.1, 0.15) is 11.5 Å². The van der Waals surface area contributed by atoms with Crippen molar-refractivity contribution in [2.24, 2.45) is 0 Å². The van der Waals surface area contributed by atoms with Crippen LogP contribution in [-0.4, -0.2) is 37.3 Å². The monoisotopic (exact) mass is 478 g/mol. The molecule has 2 heterocycles. The molecule has 0 bridgehead atoms. The summed E-state index contributed by atoms with van der Waals surface area (Å²) in [6.07, 6.45) is 1.63. The number of hydrogen-bond donors (Lipinski definition) is 3. The second-order valence-corrected chi connectivity index (χ2v) is 7.95. The molecule has 0 unspecified atom stereocenters. The highest BCUT2D eigenvalue weighted by atomic mass is 16.5. The summed E-state index contributed by atoms with van der Waals surface area (Å²) in [5, 5.41) is 14.6. The van der Waals surface area contributed by atoms with Gasteiger partial charge in [-0.2, -0.15) is 0 Å². The van der Waals surface area contributed by atoms with Crippen molar-refractivity contribution in [1.82, 2.24) is 4.98 Å². The molecule has 4 aromatic rings. The van der Waals surface area contributed by atoms with E-state index in [9.17, 15) is 14.7 Å². The predicted octanol–water partition coefficient (Wildman–Crippen LogP) is 4.32. The summed E-state index contributed by atoms with van der Waals surface area (Å²) in [7, 11) is 4.39. The second-order valence-electron chi connectivity index (χ2n) is 7.95. The van der Waals surface area contributed by atoms with Gasteiger partial charge in [0, 0.05) is 41.4 Å². The standard InChI is InChI=1S/C26H26N2O7/c1-14-11-20(29)23(26(31)35-14)18(17-7-8-21(32-2)25(34-4)24(17)33-3)13-22(30)28-16-6-5-15-9-10-27-19(15)12-16/h5-12,18,27,29H,13H2,1-4H3,(H,28,30)/t18-/m1/s1. The number of ether oxygens (including phenoxy) is 3. The summed E-state index contributed by atoms with van der Waals surface area (Å²) in [6, 6.07) is 12.1. The van der Waals surface area contributed by atoms with Gasteiger partial charge in [0.2, 0.25) is 11.7 Å². The molecule has 0 aliphatic carbocycles. The van der Waals surface area contributed by atoms with E-state index >= 15 is 0 Å². The van der Waals surface area contributed by atoms with Gasteiger partial charge in [-0.1, -0.05) is 12.1 Å². The minimum absolute atomic E-state index is 0.0592. The maximum atomic E-state index is 13.2. The largest absolute Gasteiger partial charge is 0.507 e. The summed E-state index contributed by atoms with van der Waals surface area (Å²) in [4.78, 5) is 29.1. The summed E-state index contributed by atoms with van der Waals surface area (Å²) in [6.45, 7) is 1.56. The van der Waals surface area contributed by atoms with Crippen LogP contribution in [0.4, 0.5) is 5.69 Å². The summed E-state index contributed by atoms with van der Waals surface area (Å²) in [5.74, 6) is -0.328. The van der Waals surface area contributed by atoms with Crippen molar-refractivity contribution in [2.45, 2.75) is 19.3 Å². The summed E-state index contributed by atoms with van der Waals surface area (Å²) < 4.78 is 21.7. The molecule has 2 aromatic heterocycles. The molecule has 182 valence electrons. The molecule has 0 spiro atoms. The van der Waals surface area contributed by atoms with Crippen molar-refractivity contribution in [1.29, 1.82) is 0 Å². The molecule has 9 nitrogen and oxygen atoms in total. The van der Waals surface area contributed by atoms with E-state index in [4.69, 9.17) is 18.6 Å². The van der Waals surface area contributed by atoms with Crippen LogP contribution in [-0.2, 0) is 4.79 Å². The number of fused-ring (bicyclic) bond motifs is 1. The molecule has 2 aromatic carbocycles. The molecule has 1 amide bonds. The van der Waals surface area contributed by atoms with Gasteiger partial charge in [-0.25, -0.2) is 4.79 Å². The number of amides is 1. The number of anilines is 1. The molecule has 4 rings (SSSR count). The lowest BCUT2D eigenvalue weighted by Crippen LogP contribution is -2.21. The zero-order chi connectivity index (χ0) is 25.1. The fourth-order valence-corrected chi connectivity index (χ4v) is 4.22. The van der Waals surface area contributed by atoms with E-state index in [1.807, 2.05) is 24.4 Å². The smallest absolute Gasteiger partial charge is 0.343 e. The molecule has 0 radical (unpaired) electrons. The van der Waals surface area contributed by atoms with Crippen LogP contribution in [0, 0.1) is 6.92 Å². The lowest BCUT2D eigenvalue weighted by Gasteiger charge is -2.22. The summed E-state index contributed by atoms with van der Waals surface area (Å²) >= 11 is 0. The van der Waals surface area contributed by atoms with Crippen LogP contribution in [0.2, 0.25) is 0 Å². The van der Waals surface area contributed by atoms with Gasteiger partial charge < -0.3 is 34.0 Å². The first-order valence-corrected chi connectivity index (χ1v) is 10.9. The fraction of sp³-hybridized carbons (Fsp3) is 0.231. The van der Waals surface area contributed by atoms with E-state index in [2.05, 4.69) is 10.3 Å². The molecule has 0 aliphatic heterocycles. The number of benzene rings is 2. The Kier molecular flexibility index (Phi) is 6.68. The normalized spacial score (nSPS) is 11.8. The zero-order valence-corrected chi connectivity index (χ0v) is 19.8. The van der Waals surface area contributed by atoms with Crippen LogP contribution >= 0.6 is 0 Å². The average molecular weight is 479 g/mol. The predicted molar refractivity (Wildman–Crippen MR) is 131 cm³/mol. The van der Waals surface area contributed by atoms with E-state index in [0.29, 0.717) is 22.7 Å². The van der Waals surface area contributed by atoms with Crippen molar-refractivity contribution in [2.75, 3.05) is 26.6 Å². The lowest BCUT2D eigenvalue weighted by atomic mass is 9.87. The highest BCUT2D eigenvalue weighted by Gasteiger charge is 2.30. The van der Waals surface area contributed by atoms with Gasteiger partial charge in [-0.05, 0) is 36.6 Å². The molecule has 3 N–H and O–H groups in total. The number of aromatic hydroxyl groups is 1. The van der Waals surface area contributed by atoms with Gasteiger partial charge in [0.25, 0.3) is 0 Å². The van der Waals surface area contributed by atoms with Gasteiger partial charge >= 0.3 is 5.63 Å². The van der Waals surface area contributed by atoms with Gasteiger partial charge in [0.15, 0.2) is 11.5 Å².